The van der Waals surface area contributed by atoms with Gasteiger partial charge in [0.15, 0.2) is 0 Å². The second-order valence-electron chi connectivity index (χ2n) is 6.59. The molecule has 1 rings (SSSR count). The van der Waals surface area contributed by atoms with Crippen molar-refractivity contribution in [3.8, 4) is 0 Å². The van der Waals surface area contributed by atoms with Gasteiger partial charge in [-0.05, 0) is 41.5 Å². The fraction of sp³-hybridized carbons (Fsp3) is 1.00. The van der Waals surface area contributed by atoms with Gasteiger partial charge in [-0.1, -0.05) is 0 Å². The van der Waals surface area contributed by atoms with E-state index in [0.717, 1.165) is 0 Å². The van der Waals surface area contributed by atoms with E-state index in [1.165, 1.54) is 0 Å². The Morgan fingerprint density at radius 1 is 0.688 bits per heavy atom. The number of nitrogens with zero attached hydrogens (tertiary/aromatic N) is 2. The van der Waals surface area contributed by atoms with Crippen molar-refractivity contribution in [2.24, 2.45) is 0 Å². The van der Waals surface area contributed by atoms with Gasteiger partial charge in [0.25, 0.3) is 0 Å². The number of rotatable bonds is 0. The lowest BCUT2D eigenvalue weighted by Crippen LogP contribution is -2.56. The molecule has 0 bridgehead atoms. The highest BCUT2D eigenvalue weighted by Crippen LogP contribution is 2.86. The van der Waals surface area contributed by atoms with Gasteiger partial charge in [-0.25, -0.2) is 0 Å². The maximum Gasteiger partial charge on any atom is 0.227 e. The van der Waals surface area contributed by atoms with Gasteiger partial charge in [-0.15, -0.1) is 0 Å². The molecule has 1 aliphatic rings. The maximum atomic E-state index is 12.7. The van der Waals surface area contributed by atoms with Gasteiger partial charge in [-0.3, -0.25) is 9.13 Å². The Bertz CT molecular complexity index is 339. The van der Waals surface area contributed by atoms with Crippen molar-refractivity contribution in [3.05, 3.63) is 0 Å². The molecule has 4 nitrogen and oxygen atoms in total. The monoisotopic (exact) mass is 266 g/mol. The van der Waals surface area contributed by atoms with E-state index < -0.39 is 14.9 Å². The smallest absolute Gasteiger partial charge is 0.227 e. The van der Waals surface area contributed by atoms with Crippen LogP contribution in [0, 0.1) is 0 Å². The highest BCUT2D eigenvalue weighted by Gasteiger charge is 2.65. The standard InChI is InChI=1S/C10H24N2O2P2/c1-9(2,3)11-15(7,13)12(10(4,5)6)16(11,8)14/h1-8H3. The van der Waals surface area contributed by atoms with Crippen LogP contribution in [0.5, 0.6) is 0 Å². The molecule has 0 saturated carbocycles. The molecule has 1 heterocycles. The summed E-state index contributed by atoms with van der Waals surface area (Å²) in [5.41, 5.74) is -0.646. The Morgan fingerprint density at radius 2 is 0.875 bits per heavy atom. The summed E-state index contributed by atoms with van der Waals surface area (Å²) >= 11 is 0. The summed E-state index contributed by atoms with van der Waals surface area (Å²) in [5.74, 6) is 0. The molecule has 16 heavy (non-hydrogen) atoms. The third-order valence-corrected chi connectivity index (χ3v) is 11.8. The quantitative estimate of drug-likeness (QED) is 0.624. The summed E-state index contributed by atoms with van der Waals surface area (Å²) in [7, 11) is -5.29. The van der Waals surface area contributed by atoms with Crippen molar-refractivity contribution in [2.75, 3.05) is 13.3 Å². The molecule has 0 aromatic rings. The van der Waals surface area contributed by atoms with Gasteiger partial charge in [0.1, 0.15) is 0 Å². The lowest BCUT2D eigenvalue weighted by Gasteiger charge is -2.62. The molecule has 1 saturated heterocycles. The molecule has 0 atom stereocenters. The van der Waals surface area contributed by atoms with Gasteiger partial charge >= 0.3 is 0 Å². The van der Waals surface area contributed by atoms with Crippen LogP contribution in [0.15, 0.2) is 0 Å². The van der Waals surface area contributed by atoms with Crippen molar-refractivity contribution in [3.63, 3.8) is 0 Å². The zero-order valence-corrected chi connectivity index (χ0v) is 13.4. The Balaban J connectivity index is 3.26. The molecule has 0 amide bonds. The predicted molar refractivity (Wildman–Crippen MR) is 70.2 cm³/mol. The molecule has 0 radical (unpaired) electrons. The zero-order valence-electron chi connectivity index (χ0n) is 11.6. The van der Waals surface area contributed by atoms with Crippen LogP contribution in [0.2, 0.25) is 0 Å². The largest absolute Gasteiger partial charge is 0.288 e. The molecule has 0 spiro atoms. The first-order valence-corrected chi connectivity index (χ1v) is 9.63. The van der Waals surface area contributed by atoms with E-state index in [0.29, 0.717) is 0 Å². The minimum absolute atomic E-state index is 0.323. The van der Waals surface area contributed by atoms with Crippen LogP contribution >= 0.6 is 14.9 Å². The van der Waals surface area contributed by atoms with E-state index in [2.05, 4.69) is 0 Å². The van der Waals surface area contributed by atoms with Crippen LogP contribution in [0.3, 0.4) is 0 Å². The third-order valence-electron chi connectivity index (χ3n) is 2.61. The summed E-state index contributed by atoms with van der Waals surface area (Å²) in [5, 5.41) is 0. The van der Waals surface area contributed by atoms with Crippen LogP contribution in [0.4, 0.5) is 0 Å². The highest BCUT2D eigenvalue weighted by molar-refractivity contribution is 7.88. The first kappa shape index (κ1) is 14.4. The van der Waals surface area contributed by atoms with Crippen molar-refractivity contribution in [1.29, 1.82) is 0 Å². The fourth-order valence-electron chi connectivity index (χ4n) is 2.97. The van der Waals surface area contributed by atoms with Gasteiger partial charge in [0.2, 0.25) is 14.9 Å². The highest BCUT2D eigenvalue weighted by atomic mass is 31.3. The van der Waals surface area contributed by atoms with E-state index in [1.54, 1.807) is 22.2 Å². The summed E-state index contributed by atoms with van der Waals surface area (Å²) in [6.45, 7) is 15.2. The molecule has 0 aliphatic carbocycles. The topological polar surface area (TPSA) is 40.6 Å². The van der Waals surface area contributed by atoms with Crippen LogP contribution in [0.25, 0.3) is 0 Å². The van der Waals surface area contributed by atoms with Gasteiger partial charge in [-0.2, -0.15) is 8.88 Å². The zero-order chi connectivity index (χ0) is 13.2. The van der Waals surface area contributed by atoms with Crippen molar-refractivity contribution in [1.82, 2.24) is 8.88 Å². The average Bonchev–Trinajstić information content (AvgIpc) is 1.69. The maximum absolute atomic E-state index is 12.7. The SMILES string of the molecule is CC(C)(C)N1P(C)(=O)N(C(C)(C)C)P1(C)=O. The van der Waals surface area contributed by atoms with Crippen LogP contribution in [-0.4, -0.2) is 33.3 Å². The van der Waals surface area contributed by atoms with Crippen molar-refractivity contribution in [2.45, 2.75) is 52.6 Å². The Kier molecular flexibility index (Phi) is 3.11. The number of hydrogen-bond acceptors (Lipinski definition) is 2. The van der Waals surface area contributed by atoms with Crippen LogP contribution in [0.1, 0.15) is 41.5 Å². The van der Waals surface area contributed by atoms with Crippen LogP contribution < -0.4 is 0 Å². The predicted octanol–water partition coefficient (Wildman–Crippen LogP) is 3.85. The normalized spacial score (nSPS) is 38.5. The van der Waals surface area contributed by atoms with Crippen LogP contribution in [-0.2, 0) is 9.13 Å². The van der Waals surface area contributed by atoms with Gasteiger partial charge in [0.05, 0.1) is 0 Å². The second-order valence-corrected chi connectivity index (χ2v) is 12.2. The molecule has 0 unspecified atom stereocenters. The Labute approximate surface area is 99.3 Å². The average molecular weight is 266 g/mol. The first-order chi connectivity index (χ1) is 6.73. The Morgan fingerprint density at radius 3 is 1.00 bits per heavy atom. The minimum Gasteiger partial charge on any atom is -0.288 e. The molecule has 0 aromatic carbocycles. The lowest BCUT2D eigenvalue weighted by molar-refractivity contribution is 0.230. The van der Waals surface area contributed by atoms with Crippen molar-refractivity contribution < 1.29 is 9.13 Å². The molecule has 1 aliphatic heterocycles. The van der Waals surface area contributed by atoms with E-state index in [1.807, 2.05) is 41.5 Å². The number of hydrogen-bond donors (Lipinski definition) is 0. The molecular formula is C10H24N2O2P2. The summed E-state index contributed by atoms with van der Waals surface area (Å²) < 4.78 is 28.9. The van der Waals surface area contributed by atoms with Gasteiger partial charge in [0, 0.05) is 24.4 Å². The molecule has 0 N–H and O–H groups in total. The summed E-state index contributed by atoms with van der Waals surface area (Å²) in [6.07, 6.45) is 0. The first-order valence-electron chi connectivity index (χ1n) is 5.51. The molecule has 96 valence electrons. The molecule has 1 fully saturated rings. The van der Waals surface area contributed by atoms with Crippen molar-refractivity contribution >= 4 is 14.9 Å². The lowest BCUT2D eigenvalue weighted by atomic mass is 10.1. The molecular weight excluding hydrogens is 242 g/mol. The molecule has 6 heteroatoms. The summed E-state index contributed by atoms with van der Waals surface area (Å²) in [4.78, 5) is 0. The van der Waals surface area contributed by atoms with Gasteiger partial charge < -0.3 is 0 Å². The summed E-state index contributed by atoms with van der Waals surface area (Å²) in [6, 6.07) is 0. The Hall–Kier alpha value is 0.380. The van der Waals surface area contributed by atoms with E-state index in [4.69, 9.17) is 0 Å². The molecule has 0 aromatic heterocycles. The van der Waals surface area contributed by atoms with E-state index in [9.17, 15) is 9.13 Å². The second kappa shape index (κ2) is 3.45. The van der Waals surface area contributed by atoms with E-state index in [-0.39, 0.29) is 11.1 Å². The van der Waals surface area contributed by atoms with E-state index >= 15 is 0 Å². The fourth-order valence-corrected chi connectivity index (χ4v) is 13.1. The third kappa shape index (κ3) is 1.95. The minimum atomic E-state index is -2.65.